The second-order valence-corrected chi connectivity index (χ2v) is 7.38. The number of halogens is 2. The minimum atomic E-state index is -3.10. The molecule has 30 heavy (non-hydrogen) atoms. The molecular weight excluding hydrogens is 392 g/mol. The number of aromatic nitrogens is 1. The molecule has 0 bridgehead atoms. The molecule has 7 nitrogen and oxygen atoms in total. The van der Waals surface area contributed by atoms with Gasteiger partial charge in [-0.25, -0.2) is 8.78 Å². The van der Waals surface area contributed by atoms with E-state index in [2.05, 4.69) is 15.6 Å². The lowest BCUT2D eigenvalue weighted by Gasteiger charge is -2.19. The molecule has 0 aliphatic carbocycles. The number of nitriles is 1. The van der Waals surface area contributed by atoms with Gasteiger partial charge in [0.05, 0.1) is 24.7 Å². The molecule has 3 heterocycles. The predicted molar refractivity (Wildman–Crippen MR) is 105 cm³/mol. The zero-order valence-corrected chi connectivity index (χ0v) is 16.0. The predicted octanol–water partition coefficient (Wildman–Crippen LogP) is 2.21. The minimum Gasteiger partial charge on any atom is -0.384 e. The number of nitrogens with zero attached hydrogens (tertiary/aromatic N) is 3. The van der Waals surface area contributed by atoms with Gasteiger partial charge in [-0.2, -0.15) is 5.26 Å². The summed E-state index contributed by atoms with van der Waals surface area (Å²) in [5.74, 6) is -4.33. The molecule has 1 fully saturated rings. The number of benzene rings is 1. The van der Waals surface area contributed by atoms with Crippen LogP contribution in [0.15, 0.2) is 36.7 Å². The monoisotopic (exact) mass is 411 g/mol. The second-order valence-electron chi connectivity index (χ2n) is 7.38. The summed E-state index contributed by atoms with van der Waals surface area (Å²) in [6, 6.07) is 7.91. The molecule has 2 N–H and O–H groups in total. The maximum Gasteiger partial charge on any atom is 0.268 e. The summed E-state index contributed by atoms with van der Waals surface area (Å²) in [7, 11) is 0. The maximum atomic E-state index is 13.5. The fourth-order valence-corrected chi connectivity index (χ4v) is 3.84. The highest BCUT2D eigenvalue weighted by Crippen LogP contribution is 2.32. The first-order valence-corrected chi connectivity index (χ1v) is 9.54. The Bertz CT molecular complexity index is 1050. The number of hydrogen-bond acceptors (Lipinski definition) is 5. The molecule has 0 radical (unpaired) electrons. The Labute approximate surface area is 171 Å². The van der Waals surface area contributed by atoms with Crippen molar-refractivity contribution in [2.45, 2.75) is 24.8 Å². The molecule has 154 valence electrons. The van der Waals surface area contributed by atoms with Crippen LogP contribution in [-0.4, -0.2) is 53.3 Å². The number of fused-ring (bicyclic) bond motifs is 1. The quantitative estimate of drug-likeness (QED) is 0.804. The Morgan fingerprint density at radius 1 is 1.37 bits per heavy atom. The van der Waals surface area contributed by atoms with Gasteiger partial charge in [-0.15, -0.1) is 0 Å². The Morgan fingerprint density at radius 2 is 2.20 bits per heavy atom. The zero-order chi connectivity index (χ0) is 21.3. The number of carbonyl (C=O) groups is 2. The van der Waals surface area contributed by atoms with Crippen LogP contribution in [0.1, 0.15) is 22.3 Å². The number of pyridine rings is 1. The molecule has 2 aromatic rings. The molecule has 0 saturated carbocycles. The van der Waals surface area contributed by atoms with E-state index < -0.39 is 43.3 Å². The lowest BCUT2D eigenvalue weighted by atomic mass is 9.98. The van der Waals surface area contributed by atoms with E-state index in [0.717, 1.165) is 34.7 Å². The smallest absolute Gasteiger partial charge is 0.268 e. The topological polar surface area (TPSA) is 98.1 Å². The van der Waals surface area contributed by atoms with E-state index in [4.69, 9.17) is 5.26 Å². The number of carbonyl (C=O) groups excluding carboxylic acids is 2. The van der Waals surface area contributed by atoms with E-state index in [1.807, 2.05) is 18.2 Å². The summed E-state index contributed by atoms with van der Waals surface area (Å²) in [5, 5.41) is 14.8. The standard InChI is InChI=1S/C21H19F2N5O2/c22-21(23)8-15(9-24)28(12-21)19(29)11-27-20(30)16-4-5-25-10-17(16)13-1-2-18-14(7-13)3-6-26-18/h1-2,4-5,7,10,15,26H,3,6,8,11-12H2,(H,27,30). The van der Waals surface area contributed by atoms with Crippen molar-refractivity contribution in [3.05, 3.63) is 47.8 Å². The first-order chi connectivity index (χ1) is 14.4. The van der Waals surface area contributed by atoms with E-state index in [1.165, 1.54) is 6.20 Å². The normalized spacial score (nSPS) is 19.0. The lowest BCUT2D eigenvalue weighted by molar-refractivity contribution is -0.131. The van der Waals surface area contributed by atoms with Crippen molar-refractivity contribution in [1.29, 1.82) is 5.26 Å². The molecule has 1 saturated heterocycles. The van der Waals surface area contributed by atoms with Crippen molar-refractivity contribution in [1.82, 2.24) is 15.2 Å². The van der Waals surface area contributed by atoms with Crippen molar-refractivity contribution in [2.75, 3.05) is 25.0 Å². The SMILES string of the molecule is N#CC1CC(F)(F)CN1C(=O)CNC(=O)c1ccncc1-c1ccc2c(c1)CCN2. The van der Waals surface area contributed by atoms with Crippen LogP contribution >= 0.6 is 0 Å². The number of nitrogens with one attached hydrogen (secondary N) is 2. The third-order valence-corrected chi connectivity index (χ3v) is 5.33. The van der Waals surface area contributed by atoms with Gasteiger partial charge < -0.3 is 15.5 Å². The number of rotatable bonds is 4. The number of alkyl halides is 2. The number of hydrogen-bond donors (Lipinski definition) is 2. The van der Waals surface area contributed by atoms with Crippen molar-refractivity contribution in [2.24, 2.45) is 0 Å². The third kappa shape index (κ3) is 3.81. The van der Waals surface area contributed by atoms with Gasteiger partial charge >= 0.3 is 0 Å². The Balaban J connectivity index is 1.49. The van der Waals surface area contributed by atoms with Gasteiger partial charge in [-0.3, -0.25) is 14.6 Å². The largest absolute Gasteiger partial charge is 0.384 e. The number of likely N-dealkylation sites (tertiary alicyclic amines) is 1. The zero-order valence-electron chi connectivity index (χ0n) is 16.0. The van der Waals surface area contributed by atoms with E-state index >= 15 is 0 Å². The fourth-order valence-electron chi connectivity index (χ4n) is 3.84. The molecule has 2 aliphatic heterocycles. The van der Waals surface area contributed by atoms with Crippen LogP contribution in [0.25, 0.3) is 11.1 Å². The van der Waals surface area contributed by atoms with Gasteiger partial charge in [-0.05, 0) is 35.7 Å². The Morgan fingerprint density at radius 3 is 3.00 bits per heavy atom. The van der Waals surface area contributed by atoms with E-state index in [0.29, 0.717) is 11.1 Å². The van der Waals surface area contributed by atoms with E-state index in [-0.39, 0.29) is 0 Å². The maximum absolute atomic E-state index is 13.5. The van der Waals surface area contributed by atoms with Crippen LogP contribution < -0.4 is 10.6 Å². The van der Waals surface area contributed by atoms with Gasteiger partial charge in [0.25, 0.3) is 11.8 Å². The molecule has 9 heteroatoms. The summed E-state index contributed by atoms with van der Waals surface area (Å²) in [6.45, 7) is -0.424. The highest BCUT2D eigenvalue weighted by Gasteiger charge is 2.47. The second kappa shape index (κ2) is 7.71. The molecule has 2 amide bonds. The van der Waals surface area contributed by atoms with Gasteiger partial charge in [0.2, 0.25) is 5.91 Å². The highest BCUT2D eigenvalue weighted by molar-refractivity contribution is 6.02. The molecule has 4 rings (SSSR count). The summed E-state index contributed by atoms with van der Waals surface area (Å²) in [5.41, 5.74) is 3.97. The summed E-state index contributed by atoms with van der Waals surface area (Å²) >= 11 is 0. The molecule has 2 aliphatic rings. The Hall–Kier alpha value is -3.54. The third-order valence-electron chi connectivity index (χ3n) is 5.33. The molecule has 1 aromatic heterocycles. The first kappa shape index (κ1) is 19.8. The average molecular weight is 411 g/mol. The molecule has 1 atom stereocenters. The lowest BCUT2D eigenvalue weighted by Crippen LogP contribution is -2.43. The van der Waals surface area contributed by atoms with Gasteiger partial charge in [-0.1, -0.05) is 6.07 Å². The molecule has 1 aromatic carbocycles. The van der Waals surface area contributed by atoms with Gasteiger partial charge in [0.1, 0.15) is 6.04 Å². The highest BCUT2D eigenvalue weighted by atomic mass is 19.3. The van der Waals surface area contributed by atoms with Crippen molar-refractivity contribution in [3.8, 4) is 17.2 Å². The van der Waals surface area contributed by atoms with E-state index in [9.17, 15) is 18.4 Å². The van der Waals surface area contributed by atoms with Crippen LogP contribution in [0.3, 0.4) is 0 Å². The van der Waals surface area contributed by atoms with Gasteiger partial charge in [0, 0.05) is 36.6 Å². The fraction of sp³-hybridized carbons (Fsp3) is 0.333. The first-order valence-electron chi connectivity index (χ1n) is 9.54. The van der Waals surface area contributed by atoms with E-state index in [1.54, 1.807) is 18.3 Å². The summed E-state index contributed by atoms with van der Waals surface area (Å²) in [6.07, 6.45) is 3.25. The van der Waals surface area contributed by atoms with Crippen LogP contribution in [0, 0.1) is 11.3 Å². The molecule has 1 unspecified atom stereocenters. The Kier molecular flexibility index (Phi) is 5.08. The number of amides is 2. The van der Waals surface area contributed by atoms with Crippen LogP contribution in [0.5, 0.6) is 0 Å². The van der Waals surface area contributed by atoms with Crippen LogP contribution in [0.2, 0.25) is 0 Å². The van der Waals surface area contributed by atoms with Crippen molar-refractivity contribution < 1.29 is 18.4 Å². The molecule has 0 spiro atoms. The number of anilines is 1. The van der Waals surface area contributed by atoms with Gasteiger partial charge in [0.15, 0.2) is 0 Å². The molecular formula is C21H19F2N5O2. The summed E-state index contributed by atoms with van der Waals surface area (Å²) < 4.78 is 27.1. The van der Waals surface area contributed by atoms with Crippen molar-refractivity contribution in [3.63, 3.8) is 0 Å². The minimum absolute atomic E-state index is 0.326. The summed E-state index contributed by atoms with van der Waals surface area (Å²) in [4.78, 5) is 30.0. The van der Waals surface area contributed by atoms with Crippen molar-refractivity contribution >= 4 is 17.5 Å². The average Bonchev–Trinajstić information content (AvgIpc) is 3.34. The van der Waals surface area contributed by atoms with Crippen LogP contribution in [0.4, 0.5) is 14.5 Å². The van der Waals surface area contributed by atoms with Crippen LogP contribution in [-0.2, 0) is 11.2 Å².